The van der Waals surface area contributed by atoms with E-state index in [0.717, 1.165) is 15.6 Å². The SMILES string of the molecule is Cc1ccc(C(=O)NCCNS(=O)(=O)c2ccc(Br)cc2)cc1C. The van der Waals surface area contributed by atoms with Gasteiger partial charge in [0.05, 0.1) is 4.90 Å². The van der Waals surface area contributed by atoms with Gasteiger partial charge in [0.25, 0.3) is 5.91 Å². The molecule has 0 spiro atoms. The van der Waals surface area contributed by atoms with Crippen LogP contribution in [0.2, 0.25) is 0 Å². The first-order valence-corrected chi connectivity index (χ1v) is 9.68. The quantitative estimate of drug-likeness (QED) is 0.718. The number of aryl methyl sites for hydroxylation is 2. The van der Waals surface area contributed by atoms with Crippen molar-refractivity contribution in [2.45, 2.75) is 18.7 Å². The number of carbonyl (C=O) groups is 1. The Bertz CT molecular complexity index is 833. The Hall–Kier alpha value is -1.70. The molecule has 0 atom stereocenters. The van der Waals surface area contributed by atoms with Crippen molar-refractivity contribution < 1.29 is 13.2 Å². The van der Waals surface area contributed by atoms with Crippen LogP contribution in [0.15, 0.2) is 51.8 Å². The van der Waals surface area contributed by atoms with Crippen LogP contribution in [0.5, 0.6) is 0 Å². The topological polar surface area (TPSA) is 75.3 Å². The second-order valence-corrected chi connectivity index (χ2v) is 8.09. The molecule has 2 aromatic carbocycles. The minimum atomic E-state index is -3.57. The molecule has 0 saturated heterocycles. The molecule has 7 heteroatoms. The summed E-state index contributed by atoms with van der Waals surface area (Å²) in [5.74, 6) is -0.221. The zero-order valence-electron chi connectivity index (χ0n) is 13.5. The normalized spacial score (nSPS) is 11.3. The van der Waals surface area contributed by atoms with Crippen molar-refractivity contribution in [1.82, 2.24) is 10.0 Å². The van der Waals surface area contributed by atoms with Crippen molar-refractivity contribution in [2.24, 2.45) is 0 Å². The summed E-state index contributed by atoms with van der Waals surface area (Å²) in [5, 5.41) is 2.71. The number of benzene rings is 2. The molecule has 0 saturated carbocycles. The molecule has 0 aliphatic rings. The van der Waals surface area contributed by atoms with Crippen LogP contribution in [-0.2, 0) is 10.0 Å². The Balaban J connectivity index is 1.86. The van der Waals surface area contributed by atoms with Crippen LogP contribution in [0.25, 0.3) is 0 Å². The molecule has 0 aromatic heterocycles. The van der Waals surface area contributed by atoms with Gasteiger partial charge in [-0.15, -0.1) is 0 Å². The van der Waals surface area contributed by atoms with Gasteiger partial charge < -0.3 is 5.32 Å². The maximum atomic E-state index is 12.1. The van der Waals surface area contributed by atoms with E-state index in [1.165, 1.54) is 12.1 Å². The Morgan fingerprint density at radius 2 is 1.67 bits per heavy atom. The lowest BCUT2D eigenvalue weighted by atomic mass is 10.1. The van der Waals surface area contributed by atoms with Crippen LogP contribution in [0.4, 0.5) is 0 Å². The Kier molecular flexibility index (Phi) is 6.15. The zero-order valence-corrected chi connectivity index (χ0v) is 15.9. The highest BCUT2D eigenvalue weighted by atomic mass is 79.9. The first kappa shape index (κ1) is 18.6. The number of sulfonamides is 1. The standard InChI is InChI=1S/C17H19BrN2O3S/c1-12-3-4-14(11-13(12)2)17(21)19-9-10-20-24(22,23)16-7-5-15(18)6-8-16/h3-8,11,20H,9-10H2,1-2H3,(H,19,21). The van der Waals surface area contributed by atoms with Crippen LogP contribution < -0.4 is 10.0 Å². The van der Waals surface area contributed by atoms with Gasteiger partial charge in [-0.05, 0) is 61.4 Å². The van der Waals surface area contributed by atoms with E-state index in [1.807, 2.05) is 26.0 Å². The molecule has 0 aliphatic carbocycles. The van der Waals surface area contributed by atoms with Crippen molar-refractivity contribution in [3.05, 3.63) is 63.6 Å². The molecule has 1 amide bonds. The van der Waals surface area contributed by atoms with E-state index >= 15 is 0 Å². The molecule has 2 rings (SSSR count). The maximum Gasteiger partial charge on any atom is 0.251 e. The molecule has 2 aromatic rings. The average Bonchev–Trinajstić information content (AvgIpc) is 2.54. The Labute approximate surface area is 150 Å². The molecule has 5 nitrogen and oxygen atoms in total. The summed E-state index contributed by atoms with van der Waals surface area (Å²) in [6.45, 7) is 4.25. The molecular formula is C17H19BrN2O3S. The van der Waals surface area contributed by atoms with Crippen molar-refractivity contribution in [1.29, 1.82) is 0 Å². The third kappa shape index (κ3) is 4.90. The third-order valence-corrected chi connectivity index (χ3v) is 5.60. The predicted octanol–water partition coefficient (Wildman–Crippen LogP) is 2.77. The molecule has 2 N–H and O–H groups in total. The van der Waals surface area contributed by atoms with E-state index in [4.69, 9.17) is 0 Å². The summed E-state index contributed by atoms with van der Waals surface area (Å²) >= 11 is 3.26. The summed E-state index contributed by atoms with van der Waals surface area (Å²) in [4.78, 5) is 12.2. The first-order valence-electron chi connectivity index (χ1n) is 7.40. The van der Waals surface area contributed by atoms with Crippen molar-refractivity contribution in [2.75, 3.05) is 13.1 Å². The lowest BCUT2D eigenvalue weighted by Crippen LogP contribution is -2.34. The van der Waals surface area contributed by atoms with Gasteiger partial charge in [0.2, 0.25) is 10.0 Å². The van der Waals surface area contributed by atoms with E-state index in [2.05, 4.69) is 26.0 Å². The summed E-state index contributed by atoms with van der Waals surface area (Å²) < 4.78 is 27.5. The van der Waals surface area contributed by atoms with Gasteiger partial charge in [0, 0.05) is 23.1 Å². The van der Waals surface area contributed by atoms with Crippen molar-refractivity contribution in [3.8, 4) is 0 Å². The van der Waals surface area contributed by atoms with Crippen molar-refractivity contribution in [3.63, 3.8) is 0 Å². The van der Waals surface area contributed by atoms with E-state index < -0.39 is 10.0 Å². The lowest BCUT2D eigenvalue weighted by molar-refractivity contribution is 0.0954. The smallest absolute Gasteiger partial charge is 0.251 e. The number of nitrogens with one attached hydrogen (secondary N) is 2. The number of halogens is 1. The van der Waals surface area contributed by atoms with E-state index in [-0.39, 0.29) is 23.9 Å². The van der Waals surface area contributed by atoms with Crippen molar-refractivity contribution >= 4 is 31.9 Å². The number of rotatable bonds is 6. The summed E-state index contributed by atoms with van der Waals surface area (Å²) in [7, 11) is -3.57. The van der Waals surface area contributed by atoms with Crippen LogP contribution >= 0.6 is 15.9 Å². The molecule has 0 bridgehead atoms. The van der Waals surface area contributed by atoms with Crippen LogP contribution in [0, 0.1) is 13.8 Å². The molecular weight excluding hydrogens is 392 g/mol. The largest absolute Gasteiger partial charge is 0.351 e. The zero-order chi connectivity index (χ0) is 17.7. The number of hydrogen-bond acceptors (Lipinski definition) is 3. The molecule has 0 fully saturated rings. The minimum Gasteiger partial charge on any atom is -0.351 e. The Morgan fingerprint density at radius 3 is 2.29 bits per heavy atom. The molecule has 128 valence electrons. The Morgan fingerprint density at radius 1 is 1.00 bits per heavy atom. The monoisotopic (exact) mass is 410 g/mol. The maximum absolute atomic E-state index is 12.1. The van der Waals surface area contributed by atoms with E-state index in [9.17, 15) is 13.2 Å². The number of hydrogen-bond donors (Lipinski definition) is 2. The number of amides is 1. The average molecular weight is 411 g/mol. The summed E-state index contributed by atoms with van der Waals surface area (Å²) in [6, 6.07) is 11.8. The highest BCUT2D eigenvalue weighted by Gasteiger charge is 2.13. The summed E-state index contributed by atoms with van der Waals surface area (Å²) in [5.41, 5.74) is 2.72. The van der Waals surface area contributed by atoms with Gasteiger partial charge in [-0.2, -0.15) is 0 Å². The van der Waals surface area contributed by atoms with Gasteiger partial charge >= 0.3 is 0 Å². The first-order chi connectivity index (χ1) is 11.3. The molecule has 0 radical (unpaired) electrons. The van der Waals surface area contributed by atoms with Crippen LogP contribution in [0.3, 0.4) is 0 Å². The minimum absolute atomic E-state index is 0.120. The lowest BCUT2D eigenvalue weighted by Gasteiger charge is -2.09. The predicted molar refractivity (Wildman–Crippen MR) is 97.6 cm³/mol. The van der Waals surface area contributed by atoms with E-state index in [0.29, 0.717) is 5.56 Å². The third-order valence-electron chi connectivity index (χ3n) is 3.60. The van der Waals surface area contributed by atoms with Gasteiger partial charge in [-0.1, -0.05) is 22.0 Å². The number of carbonyl (C=O) groups excluding carboxylic acids is 1. The molecule has 24 heavy (non-hydrogen) atoms. The fraction of sp³-hybridized carbons (Fsp3) is 0.235. The summed E-state index contributed by atoms with van der Waals surface area (Å²) in [6.07, 6.45) is 0. The fourth-order valence-corrected chi connectivity index (χ4v) is 3.34. The van der Waals surface area contributed by atoms with Crippen LogP contribution in [-0.4, -0.2) is 27.4 Å². The molecule has 0 aliphatic heterocycles. The van der Waals surface area contributed by atoms with Gasteiger partial charge in [0.15, 0.2) is 0 Å². The van der Waals surface area contributed by atoms with Gasteiger partial charge in [-0.25, -0.2) is 13.1 Å². The molecule has 0 heterocycles. The highest BCUT2D eigenvalue weighted by Crippen LogP contribution is 2.14. The second-order valence-electron chi connectivity index (χ2n) is 5.41. The van der Waals surface area contributed by atoms with Crippen LogP contribution in [0.1, 0.15) is 21.5 Å². The fourth-order valence-electron chi connectivity index (χ4n) is 2.04. The molecule has 0 unspecified atom stereocenters. The van der Waals surface area contributed by atoms with Gasteiger partial charge in [0.1, 0.15) is 0 Å². The highest BCUT2D eigenvalue weighted by molar-refractivity contribution is 9.10. The van der Waals surface area contributed by atoms with Gasteiger partial charge in [-0.3, -0.25) is 4.79 Å². The second kappa shape index (κ2) is 7.92. The van der Waals surface area contributed by atoms with E-state index in [1.54, 1.807) is 18.2 Å².